The van der Waals surface area contributed by atoms with Crippen molar-refractivity contribution in [1.82, 2.24) is 20.0 Å². The van der Waals surface area contributed by atoms with Gasteiger partial charge in [0.25, 0.3) is 0 Å². The monoisotopic (exact) mass is 329 g/mol. The van der Waals surface area contributed by atoms with Crippen LogP contribution in [0.5, 0.6) is 0 Å². The summed E-state index contributed by atoms with van der Waals surface area (Å²) in [7, 11) is 4.11. The van der Waals surface area contributed by atoms with Gasteiger partial charge in [0.15, 0.2) is 5.82 Å². The minimum Gasteiger partial charge on any atom is -0.352 e. The fourth-order valence-electron chi connectivity index (χ4n) is 4.11. The molecule has 3 aliphatic rings. The minimum absolute atomic E-state index is 0.285. The number of aryl methyl sites for hydroxylation is 2. The summed E-state index contributed by atoms with van der Waals surface area (Å²) in [5.74, 6) is 1.32. The van der Waals surface area contributed by atoms with E-state index >= 15 is 0 Å². The number of likely N-dealkylation sites (N-methyl/N-ethyl adjacent to an activating group) is 2. The van der Waals surface area contributed by atoms with Gasteiger partial charge >= 0.3 is 0 Å². The maximum atomic E-state index is 11.7. The molecule has 24 heavy (non-hydrogen) atoms. The van der Waals surface area contributed by atoms with Crippen LogP contribution >= 0.6 is 0 Å². The summed E-state index contributed by atoms with van der Waals surface area (Å²) in [4.78, 5) is 18.3. The van der Waals surface area contributed by atoms with Crippen LogP contribution in [-0.2, 0) is 17.6 Å². The first-order valence-electron chi connectivity index (χ1n) is 9.18. The van der Waals surface area contributed by atoms with Crippen molar-refractivity contribution in [2.75, 3.05) is 38.6 Å². The Labute approximate surface area is 143 Å². The zero-order chi connectivity index (χ0) is 16.7. The quantitative estimate of drug-likeness (QED) is 0.828. The predicted molar refractivity (Wildman–Crippen MR) is 93.1 cm³/mol. The van der Waals surface area contributed by atoms with Crippen LogP contribution in [0.25, 0.3) is 0 Å². The lowest BCUT2D eigenvalue weighted by atomic mass is 9.96. The zero-order valence-corrected chi connectivity index (χ0v) is 14.7. The van der Waals surface area contributed by atoms with E-state index in [1.165, 1.54) is 24.1 Å². The van der Waals surface area contributed by atoms with Crippen LogP contribution in [-0.4, -0.2) is 71.7 Å². The fourth-order valence-corrected chi connectivity index (χ4v) is 4.11. The van der Waals surface area contributed by atoms with Crippen molar-refractivity contribution < 1.29 is 4.79 Å². The first kappa shape index (κ1) is 15.8. The first-order valence-corrected chi connectivity index (χ1v) is 9.18. The molecule has 6 heteroatoms. The number of likely N-dealkylation sites (tertiary alicyclic amines) is 1. The Hall–Kier alpha value is -1.69. The highest BCUT2D eigenvalue weighted by atomic mass is 16.2. The third-order valence-corrected chi connectivity index (χ3v) is 6.00. The highest BCUT2D eigenvalue weighted by Crippen LogP contribution is 2.26. The summed E-state index contributed by atoms with van der Waals surface area (Å²) in [5.41, 5.74) is 2.60. The summed E-state index contributed by atoms with van der Waals surface area (Å²) < 4.78 is 0. The van der Waals surface area contributed by atoms with Gasteiger partial charge in [-0.2, -0.15) is 5.10 Å². The number of amides is 1. The molecule has 1 unspecified atom stereocenters. The molecule has 1 aromatic heterocycles. The van der Waals surface area contributed by atoms with Crippen molar-refractivity contribution in [3.63, 3.8) is 0 Å². The number of rotatable bonds is 4. The van der Waals surface area contributed by atoms with Crippen LogP contribution in [0.4, 0.5) is 5.82 Å². The van der Waals surface area contributed by atoms with Crippen molar-refractivity contribution in [2.45, 2.75) is 50.6 Å². The van der Waals surface area contributed by atoms with E-state index in [1.807, 2.05) is 11.9 Å². The van der Waals surface area contributed by atoms with E-state index in [4.69, 9.17) is 0 Å². The summed E-state index contributed by atoms with van der Waals surface area (Å²) >= 11 is 0. The van der Waals surface area contributed by atoms with Crippen LogP contribution in [0.3, 0.4) is 0 Å². The van der Waals surface area contributed by atoms with Gasteiger partial charge in [-0.1, -0.05) is 0 Å². The largest absolute Gasteiger partial charge is 0.352 e. The molecule has 4 rings (SSSR count). The molecule has 0 radical (unpaired) electrons. The number of nitrogens with zero attached hydrogens (tertiary/aromatic N) is 5. The smallest absolute Gasteiger partial charge is 0.222 e. The van der Waals surface area contributed by atoms with E-state index in [2.05, 4.69) is 33.1 Å². The van der Waals surface area contributed by atoms with Crippen molar-refractivity contribution in [3.8, 4) is 0 Å². The molecule has 1 aromatic rings. The van der Waals surface area contributed by atoms with Crippen molar-refractivity contribution in [1.29, 1.82) is 0 Å². The minimum atomic E-state index is 0.285. The molecular weight excluding hydrogens is 302 g/mol. The molecule has 3 heterocycles. The third kappa shape index (κ3) is 2.88. The topological polar surface area (TPSA) is 52.6 Å². The van der Waals surface area contributed by atoms with Crippen LogP contribution in [0.2, 0.25) is 0 Å². The Morgan fingerprint density at radius 2 is 2.00 bits per heavy atom. The maximum absolute atomic E-state index is 11.7. The van der Waals surface area contributed by atoms with E-state index in [0.29, 0.717) is 18.5 Å². The average Bonchev–Trinajstić information content (AvgIpc) is 2.85. The number of carbonyl (C=O) groups is 1. The summed E-state index contributed by atoms with van der Waals surface area (Å²) in [5, 5.41) is 8.88. The van der Waals surface area contributed by atoms with Crippen LogP contribution < -0.4 is 4.90 Å². The SMILES string of the molecule is CN(CC1CCC(=O)N1C)C1CN(c2cc3c(nn2)CCCC3)C1. The Balaban J connectivity index is 1.32. The highest BCUT2D eigenvalue weighted by Gasteiger charge is 2.35. The van der Waals surface area contributed by atoms with Gasteiger partial charge in [0.1, 0.15) is 0 Å². The number of anilines is 1. The van der Waals surface area contributed by atoms with Gasteiger partial charge in [0, 0.05) is 45.2 Å². The van der Waals surface area contributed by atoms with E-state index < -0.39 is 0 Å². The van der Waals surface area contributed by atoms with Crippen LogP contribution in [0, 0.1) is 0 Å². The molecule has 0 bridgehead atoms. The number of hydrogen-bond donors (Lipinski definition) is 0. The lowest BCUT2D eigenvalue weighted by Crippen LogP contribution is -2.60. The van der Waals surface area contributed by atoms with Gasteiger partial charge in [0.2, 0.25) is 5.91 Å². The lowest BCUT2D eigenvalue weighted by molar-refractivity contribution is -0.127. The predicted octanol–water partition coefficient (Wildman–Crippen LogP) is 1.10. The van der Waals surface area contributed by atoms with Crippen molar-refractivity contribution in [3.05, 3.63) is 17.3 Å². The second kappa shape index (κ2) is 6.31. The van der Waals surface area contributed by atoms with Crippen molar-refractivity contribution in [2.24, 2.45) is 0 Å². The normalized spacial score (nSPS) is 24.5. The Bertz CT molecular complexity index is 628. The fraction of sp³-hybridized carbons (Fsp3) is 0.722. The molecule has 2 saturated heterocycles. The maximum Gasteiger partial charge on any atom is 0.222 e. The summed E-state index contributed by atoms with van der Waals surface area (Å²) in [6.45, 7) is 2.99. The molecule has 1 amide bonds. The highest BCUT2D eigenvalue weighted by molar-refractivity contribution is 5.78. The number of hydrogen-bond acceptors (Lipinski definition) is 5. The van der Waals surface area contributed by atoms with Crippen LogP contribution in [0.1, 0.15) is 36.9 Å². The summed E-state index contributed by atoms with van der Waals surface area (Å²) in [6.07, 6.45) is 6.45. The van der Waals surface area contributed by atoms with E-state index in [9.17, 15) is 4.79 Å². The lowest BCUT2D eigenvalue weighted by Gasteiger charge is -2.45. The number of carbonyl (C=O) groups excluding carboxylic acids is 1. The van der Waals surface area contributed by atoms with Gasteiger partial charge in [-0.05, 0) is 50.8 Å². The molecular formula is C18H27N5O. The zero-order valence-electron chi connectivity index (χ0n) is 14.7. The standard InChI is InChI=1S/C18H27N5O/c1-21(10-14-7-8-18(24)22(14)2)15-11-23(12-15)17-9-13-5-3-4-6-16(13)19-20-17/h9,14-15H,3-8,10-12H2,1-2H3. The van der Waals surface area contributed by atoms with Crippen LogP contribution in [0.15, 0.2) is 6.07 Å². The Kier molecular flexibility index (Phi) is 4.16. The number of fused-ring (bicyclic) bond motifs is 1. The van der Waals surface area contributed by atoms with E-state index in [0.717, 1.165) is 44.7 Å². The van der Waals surface area contributed by atoms with Gasteiger partial charge in [-0.25, -0.2) is 0 Å². The first-order chi connectivity index (χ1) is 11.6. The Morgan fingerprint density at radius 1 is 1.21 bits per heavy atom. The molecule has 6 nitrogen and oxygen atoms in total. The van der Waals surface area contributed by atoms with Gasteiger partial charge in [-0.3, -0.25) is 9.69 Å². The average molecular weight is 329 g/mol. The molecule has 1 aliphatic carbocycles. The summed E-state index contributed by atoms with van der Waals surface area (Å²) in [6, 6.07) is 3.17. The molecule has 0 N–H and O–H groups in total. The molecule has 2 fully saturated rings. The third-order valence-electron chi connectivity index (χ3n) is 6.00. The number of aromatic nitrogens is 2. The van der Waals surface area contributed by atoms with Gasteiger partial charge < -0.3 is 9.80 Å². The second-order valence-electron chi connectivity index (χ2n) is 7.58. The van der Waals surface area contributed by atoms with E-state index in [-0.39, 0.29) is 5.91 Å². The molecule has 2 aliphatic heterocycles. The van der Waals surface area contributed by atoms with Crippen molar-refractivity contribution >= 4 is 11.7 Å². The van der Waals surface area contributed by atoms with E-state index in [1.54, 1.807) is 0 Å². The molecule has 0 spiro atoms. The van der Waals surface area contributed by atoms with Gasteiger partial charge in [0.05, 0.1) is 5.69 Å². The molecule has 1 atom stereocenters. The molecule has 130 valence electrons. The van der Waals surface area contributed by atoms with Gasteiger partial charge in [-0.15, -0.1) is 5.10 Å². The Morgan fingerprint density at radius 3 is 2.75 bits per heavy atom. The molecule has 0 saturated carbocycles. The second-order valence-corrected chi connectivity index (χ2v) is 7.58. The molecule has 0 aromatic carbocycles.